The minimum absolute atomic E-state index is 0.168. The molecule has 19 heavy (non-hydrogen) atoms. The van der Waals surface area contributed by atoms with Gasteiger partial charge in [-0.25, -0.2) is 0 Å². The first-order chi connectivity index (χ1) is 9.08. The summed E-state index contributed by atoms with van der Waals surface area (Å²) in [6.45, 7) is 5.06. The van der Waals surface area contributed by atoms with Crippen molar-refractivity contribution in [2.45, 2.75) is 26.5 Å². The molecule has 1 aliphatic heterocycles. The molecule has 1 saturated heterocycles. The lowest BCUT2D eigenvalue weighted by molar-refractivity contribution is -0.147. The second-order valence-electron chi connectivity index (χ2n) is 4.60. The second-order valence-corrected chi connectivity index (χ2v) is 4.60. The van der Waals surface area contributed by atoms with Crippen molar-refractivity contribution < 1.29 is 14.3 Å². The van der Waals surface area contributed by atoms with Crippen LogP contribution in [0.5, 0.6) is 0 Å². The maximum atomic E-state index is 11.8. The fraction of sp³-hybridized carbons (Fsp3) is 0.538. The third-order valence-electron chi connectivity index (χ3n) is 3.04. The molecule has 2 rings (SSSR count). The normalized spacial score (nSPS) is 19.2. The summed E-state index contributed by atoms with van der Waals surface area (Å²) in [7, 11) is 0. The van der Waals surface area contributed by atoms with Gasteiger partial charge in [-0.2, -0.15) is 0 Å². The van der Waals surface area contributed by atoms with Crippen LogP contribution in [-0.2, 0) is 20.8 Å². The Morgan fingerprint density at radius 1 is 1.47 bits per heavy atom. The molecule has 1 aromatic rings. The number of pyridine rings is 1. The number of rotatable bonds is 3. The number of hydrogen-bond donors (Lipinski definition) is 2. The van der Waals surface area contributed by atoms with Gasteiger partial charge in [0.15, 0.2) is 6.10 Å². The van der Waals surface area contributed by atoms with E-state index in [4.69, 9.17) is 9.47 Å². The number of amides is 1. The van der Waals surface area contributed by atoms with Gasteiger partial charge in [0.25, 0.3) is 11.5 Å². The maximum Gasteiger partial charge on any atom is 0.253 e. The first-order valence-corrected chi connectivity index (χ1v) is 6.24. The minimum Gasteiger partial charge on any atom is -0.376 e. The molecule has 104 valence electrons. The zero-order valence-corrected chi connectivity index (χ0v) is 11.1. The molecule has 0 unspecified atom stereocenters. The molecule has 0 aromatic carbocycles. The molecule has 1 aromatic heterocycles. The number of H-pyrrole nitrogens is 1. The van der Waals surface area contributed by atoms with Gasteiger partial charge in [0.1, 0.15) is 0 Å². The maximum absolute atomic E-state index is 11.8. The molecule has 2 heterocycles. The van der Waals surface area contributed by atoms with Crippen LogP contribution in [0.3, 0.4) is 0 Å². The lowest BCUT2D eigenvalue weighted by Gasteiger charge is -2.22. The zero-order chi connectivity index (χ0) is 13.8. The molecule has 1 atom stereocenters. The summed E-state index contributed by atoms with van der Waals surface area (Å²) in [5, 5.41) is 2.71. The van der Waals surface area contributed by atoms with Crippen molar-refractivity contribution in [3.63, 3.8) is 0 Å². The topological polar surface area (TPSA) is 80.4 Å². The highest BCUT2D eigenvalue weighted by Gasteiger charge is 2.22. The van der Waals surface area contributed by atoms with Crippen molar-refractivity contribution in [3.8, 4) is 0 Å². The molecule has 6 heteroatoms. The third kappa shape index (κ3) is 3.42. The summed E-state index contributed by atoms with van der Waals surface area (Å²) < 4.78 is 10.4. The molecule has 1 fully saturated rings. The van der Waals surface area contributed by atoms with Gasteiger partial charge in [-0.15, -0.1) is 0 Å². The van der Waals surface area contributed by atoms with Gasteiger partial charge in [0.05, 0.1) is 19.8 Å². The van der Waals surface area contributed by atoms with Crippen LogP contribution >= 0.6 is 0 Å². The highest BCUT2D eigenvalue weighted by Crippen LogP contribution is 2.04. The van der Waals surface area contributed by atoms with E-state index in [9.17, 15) is 9.59 Å². The average Bonchev–Trinajstić information content (AvgIpc) is 2.38. The molecule has 1 amide bonds. The van der Waals surface area contributed by atoms with Crippen LogP contribution in [0, 0.1) is 13.8 Å². The van der Waals surface area contributed by atoms with Crippen molar-refractivity contribution >= 4 is 5.91 Å². The number of aryl methyl sites for hydroxylation is 2. The summed E-state index contributed by atoms with van der Waals surface area (Å²) in [4.78, 5) is 26.3. The second kappa shape index (κ2) is 5.99. The Morgan fingerprint density at radius 2 is 2.26 bits per heavy atom. The number of nitrogens with one attached hydrogen (secondary N) is 2. The van der Waals surface area contributed by atoms with Crippen LogP contribution in [0.25, 0.3) is 0 Å². The summed E-state index contributed by atoms with van der Waals surface area (Å²) in [5.74, 6) is -0.251. The summed E-state index contributed by atoms with van der Waals surface area (Å²) >= 11 is 0. The Labute approximate surface area is 111 Å². The number of aromatic amines is 1. The molecule has 0 aliphatic carbocycles. The SMILES string of the molecule is Cc1cc(C)c(CNC(=O)[C@@H]2COCCO2)c(=O)[nH]1. The van der Waals surface area contributed by atoms with Crippen LogP contribution in [0.1, 0.15) is 16.8 Å². The van der Waals surface area contributed by atoms with Crippen LogP contribution in [0.15, 0.2) is 10.9 Å². The summed E-state index contributed by atoms with van der Waals surface area (Å²) in [5.41, 5.74) is 2.07. The van der Waals surface area contributed by atoms with Crippen LogP contribution in [0.4, 0.5) is 0 Å². The molecule has 0 radical (unpaired) electrons. The van der Waals surface area contributed by atoms with Gasteiger partial charge in [-0.05, 0) is 25.5 Å². The van der Waals surface area contributed by atoms with Crippen molar-refractivity contribution in [3.05, 3.63) is 33.2 Å². The molecule has 1 aliphatic rings. The first-order valence-electron chi connectivity index (χ1n) is 6.24. The van der Waals surface area contributed by atoms with Gasteiger partial charge in [-0.1, -0.05) is 0 Å². The third-order valence-corrected chi connectivity index (χ3v) is 3.04. The van der Waals surface area contributed by atoms with E-state index >= 15 is 0 Å². The fourth-order valence-electron chi connectivity index (χ4n) is 2.03. The molecule has 0 saturated carbocycles. The van der Waals surface area contributed by atoms with E-state index in [-0.39, 0.29) is 24.6 Å². The van der Waals surface area contributed by atoms with E-state index in [0.717, 1.165) is 11.3 Å². The highest BCUT2D eigenvalue weighted by molar-refractivity contribution is 5.81. The zero-order valence-electron chi connectivity index (χ0n) is 11.1. The standard InChI is InChI=1S/C13H18N2O4/c1-8-5-9(2)15-12(16)10(8)6-14-13(17)11-7-18-3-4-19-11/h5,11H,3-4,6-7H2,1-2H3,(H,14,17)(H,15,16)/t11-/m0/s1. The van der Waals surface area contributed by atoms with Gasteiger partial charge in [0.2, 0.25) is 0 Å². The van der Waals surface area contributed by atoms with E-state index in [1.807, 2.05) is 19.9 Å². The molecule has 0 bridgehead atoms. The fourth-order valence-corrected chi connectivity index (χ4v) is 2.03. The van der Waals surface area contributed by atoms with Crippen LogP contribution < -0.4 is 10.9 Å². The highest BCUT2D eigenvalue weighted by atomic mass is 16.6. The van der Waals surface area contributed by atoms with E-state index in [1.54, 1.807) is 0 Å². The molecule has 2 N–H and O–H groups in total. The predicted molar refractivity (Wildman–Crippen MR) is 68.9 cm³/mol. The monoisotopic (exact) mass is 266 g/mol. The van der Waals surface area contributed by atoms with E-state index in [1.165, 1.54) is 0 Å². The van der Waals surface area contributed by atoms with Crippen LogP contribution in [0.2, 0.25) is 0 Å². The van der Waals surface area contributed by atoms with Crippen molar-refractivity contribution in [1.29, 1.82) is 0 Å². The van der Waals surface area contributed by atoms with Gasteiger partial charge in [0, 0.05) is 17.8 Å². The lowest BCUT2D eigenvalue weighted by Crippen LogP contribution is -2.43. The lowest BCUT2D eigenvalue weighted by atomic mass is 10.1. The van der Waals surface area contributed by atoms with Gasteiger partial charge >= 0.3 is 0 Å². The van der Waals surface area contributed by atoms with E-state index in [0.29, 0.717) is 18.8 Å². The molecular weight excluding hydrogens is 248 g/mol. The smallest absolute Gasteiger partial charge is 0.253 e. The Bertz CT molecular complexity index is 518. The Kier molecular flexibility index (Phi) is 4.34. The molecule has 6 nitrogen and oxygen atoms in total. The summed E-state index contributed by atoms with van der Waals surface area (Å²) in [6.07, 6.45) is -0.585. The minimum atomic E-state index is -0.585. The van der Waals surface area contributed by atoms with E-state index < -0.39 is 6.10 Å². The predicted octanol–water partition coefficient (Wildman–Crippen LogP) is 0.0233. The van der Waals surface area contributed by atoms with Gasteiger partial charge < -0.3 is 19.8 Å². The Hall–Kier alpha value is -1.66. The van der Waals surface area contributed by atoms with Crippen molar-refractivity contribution in [2.75, 3.05) is 19.8 Å². The van der Waals surface area contributed by atoms with E-state index in [2.05, 4.69) is 10.3 Å². The number of aromatic nitrogens is 1. The molecular formula is C13H18N2O4. The Morgan fingerprint density at radius 3 is 2.89 bits per heavy atom. The van der Waals surface area contributed by atoms with Crippen molar-refractivity contribution in [1.82, 2.24) is 10.3 Å². The largest absolute Gasteiger partial charge is 0.376 e. The quantitative estimate of drug-likeness (QED) is 0.808. The van der Waals surface area contributed by atoms with Crippen LogP contribution in [-0.4, -0.2) is 36.8 Å². The van der Waals surface area contributed by atoms with Crippen molar-refractivity contribution in [2.24, 2.45) is 0 Å². The number of carbonyl (C=O) groups is 1. The molecule has 0 spiro atoms. The average molecular weight is 266 g/mol. The number of hydrogen-bond acceptors (Lipinski definition) is 4. The number of ether oxygens (including phenoxy) is 2. The Balaban J connectivity index is 1.99. The summed E-state index contributed by atoms with van der Waals surface area (Å²) in [6, 6.07) is 1.88. The first kappa shape index (κ1) is 13.8. The number of carbonyl (C=O) groups excluding carboxylic acids is 1. The van der Waals surface area contributed by atoms with Gasteiger partial charge in [-0.3, -0.25) is 9.59 Å².